The fourth-order valence-corrected chi connectivity index (χ4v) is 7.58. The monoisotopic (exact) mass is 632 g/mol. The predicted molar refractivity (Wildman–Crippen MR) is 171 cm³/mol. The topological polar surface area (TPSA) is 75.7 Å². The van der Waals surface area contributed by atoms with E-state index < -0.39 is 9.84 Å². The molecule has 1 heterocycles. The number of fused-ring (bicyclic) bond motifs is 1. The van der Waals surface area contributed by atoms with Crippen LogP contribution in [0.4, 0.5) is 0 Å². The van der Waals surface area contributed by atoms with Crippen LogP contribution in [0.15, 0.2) is 71.6 Å². The first-order valence-corrected chi connectivity index (χ1v) is 16.4. The third-order valence-electron chi connectivity index (χ3n) is 7.77. The van der Waals surface area contributed by atoms with E-state index >= 15 is 0 Å². The van der Waals surface area contributed by atoms with Crippen LogP contribution in [-0.2, 0) is 16.4 Å². The molecule has 0 atom stereocenters. The predicted octanol–water partition coefficient (Wildman–Crippen LogP) is 7.23. The molecule has 0 spiro atoms. The van der Waals surface area contributed by atoms with Gasteiger partial charge in [-0.05, 0) is 74.2 Å². The maximum Gasteiger partial charge on any atom is 0.266 e. The van der Waals surface area contributed by atoms with Crippen molar-refractivity contribution in [3.05, 3.63) is 82.2 Å². The van der Waals surface area contributed by atoms with Crippen LogP contribution in [0.5, 0.6) is 5.75 Å². The molecular formula is C31H34Cl2N2O4S2. The summed E-state index contributed by atoms with van der Waals surface area (Å²) in [6.45, 7) is 0.372. The van der Waals surface area contributed by atoms with Gasteiger partial charge in [0, 0.05) is 40.5 Å². The first-order valence-electron chi connectivity index (χ1n) is 13.3. The molecule has 6 nitrogen and oxygen atoms in total. The van der Waals surface area contributed by atoms with Crippen molar-refractivity contribution in [2.24, 2.45) is 0 Å². The van der Waals surface area contributed by atoms with Crippen LogP contribution in [0, 0.1) is 0 Å². The highest BCUT2D eigenvalue weighted by atomic mass is 35.5. The van der Waals surface area contributed by atoms with Gasteiger partial charge in [-0.3, -0.25) is 4.79 Å². The zero-order valence-corrected chi connectivity index (χ0v) is 26.4. The van der Waals surface area contributed by atoms with Gasteiger partial charge in [-0.2, -0.15) is 0 Å². The largest absolute Gasteiger partial charge is 0.496 e. The first-order chi connectivity index (χ1) is 19.2. The van der Waals surface area contributed by atoms with E-state index in [9.17, 15) is 13.2 Å². The lowest BCUT2D eigenvalue weighted by Gasteiger charge is -2.37. The number of sulfone groups is 1. The number of amides is 1. The Morgan fingerprint density at radius 3 is 2.29 bits per heavy atom. The van der Waals surface area contributed by atoms with E-state index in [1.807, 2.05) is 54.4 Å². The fourth-order valence-electron chi connectivity index (χ4n) is 5.48. The van der Waals surface area contributed by atoms with E-state index in [0.717, 1.165) is 52.5 Å². The average Bonchev–Trinajstić information content (AvgIpc) is 3.31. The Morgan fingerprint density at radius 1 is 1.02 bits per heavy atom. The molecule has 1 aromatic heterocycles. The van der Waals surface area contributed by atoms with Crippen molar-refractivity contribution in [2.45, 2.75) is 49.2 Å². The van der Waals surface area contributed by atoms with Gasteiger partial charge in [0.1, 0.15) is 10.6 Å². The smallest absolute Gasteiger partial charge is 0.266 e. The quantitative estimate of drug-likeness (QED) is 0.222. The molecule has 3 aromatic carbocycles. The van der Waals surface area contributed by atoms with Gasteiger partial charge in [0.25, 0.3) is 5.91 Å². The molecule has 1 amide bonds. The lowest BCUT2D eigenvalue weighted by molar-refractivity contribution is 0.0604. The molecule has 41 heavy (non-hydrogen) atoms. The molecule has 0 aliphatic heterocycles. The van der Waals surface area contributed by atoms with Crippen LogP contribution in [-0.4, -0.2) is 51.7 Å². The molecule has 0 bridgehead atoms. The molecule has 1 fully saturated rings. The van der Waals surface area contributed by atoms with Crippen molar-refractivity contribution in [3.8, 4) is 16.9 Å². The third kappa shape index (κ3) is 6.73. The summed E-state index contributed by atoms with van der Waals surface area (Å²) in [5.74, 6) is 0.629. The summed E-state index contributed by atoms with van der Waals surface area (Å²) < 4.78 is 30.6. The number of carbonyl (C=O) groups is 1. The number of carbonyl (C=O) groups excluding carboxylic acids is 1. The zero-order chi connectivity index (χ0) is 28.4. The minimum absolute atomic E-state index is 0. The average molecular weight is 634 g/mol. The number of ether oxygens (including phenoxy) is 1. The molecule has 1 saturated carbocycles. The van der Waals surface area contributed by atoms with Crippen molar-refractivity contribution >= 4 is 61.2 Å². The van der Waals surface area contributed by atoms with Crippen molar-refractivity contribution in [1.82, 2.24) is 10.2 Å². The maximum atomic E-state index is 14.2. The molecule has 0 unspecified atom stereocenters. The fraction of sp³-hybridized carbons (Fsp3) is 0.323. The minimum Gasteiger partial charge on any atom is -0.496 e. The number of hydrogen-bond donors (Lipinski definition) is 1. The van der Waals surface area contributed by atoms with Gasteiger partial charge in [-0.15, -0.1) is 23.7 Å². The summed E-state index contributed by atoms with van der Waals surface area (Å²) in [6.07, 6.45) is 4.99. The second kappa shape index (κ2) is 13.1. The van der Waals surface area contributed by atoms with Crippen molar-refractivity contribution in [1.29, 1.82) is 0 Å². The molecule has 0 saturated heterocycles. The standard InChI is InChI=1S/C31H33ClN2O4S2.ClH/c1-33-23-11-13-24(14-12-23)34(31(35)30-29(32)26-6-4-5-7-28(26)39-30)19-22-18-21(10-17-27(22)38-2)20-8-15-25(16-9-20)40(3,36)37;/h4-10,15-18,23-24,33H,11-14,19H2,1-3H3;1H. The van der Waals surface area contributed by atoms with Crippen LogP contribution in [0.3, 0.4) is 0 Å². The lowest BCUT2D eigenvalue weighted by Crippen LogP contribution is -2.44. The Bertz CT molecular complexity index is 1630. The van der Waals surface area contributed by atoms with Crippen LogP contribution < -0.4 is 10.1 Å². The summed E-state index contributed by atoms with van der Waals surface area (Å²) in [5, 5.41) is 4.78. The molecule has 1 aliphatic carbocycles. The van der Waals surface area contributed by atoms with Crippen molar-refractivity contribution in [3.63, 3.8) is 0 Å². The van der Waals surface area contributed by atoms with E-state index in [1.165, 1.54) is 17.6 Å². The van der Waals surface area contributed by atoms with Gasteiger partial charge in [0.2, 0.25) is 0 Å². The van der Waals surface area contributed by atoms with E-state index in [0.29, 0.717) is 28.2 Å². The van der Waals surface area contributed by atoms with Gasteiger partial charge in [0.05, 0.1) is 17.0 Å². The molecule has 5 rings (SSSR count). The second-order valence-electron chi connectivity index (χ2n) is 10.3. The van der Waals surface area contributed by atoms with E-state index in [-0.39, 0.29) is 29.3 Å². The number of thiophene rings is 1. The number of hydrogen-bond acceptors (Lipinski definition) is 6. The van der Waals surface area contributed by atoms with Gasteiger partial charge < -0.3 is 15.0 Å². The zero-order valence-electron chi connectivity index (χ0n) is 23.2. The lowest BCUT2D eigenvalue weighted by atomic mass is 9.89. The summed E-state index contributed by atoms with van der Waals surface area (Å²) in [4.78, 5) is 17.0. The second-order valence-corrected chi connectivity index (χ2v) is 13.7. The van der Waals surface area contributed by atoms with Gasteiger partial charge in [-0.1, -0.05) is 48.0 Å². The summed E-state index contributed by atoms with van der Waals surface area (Å²) in [6, 6.07) is 21.1. The van der Waals surface area contributed by atoms with Crippen molar-refractivity contribution < 1.29 is 17.9 Å². The highest BCUT2D eigenvalue weighted by Gasteiger charge is 2.32. The Labute approximate surface area is 257 Å². The molecule has 1 aliphatic rings. The van der Waals surface area contributed by atoms with E-state index in [2.05, 4.69) is 5.32 Å². The minimum atomic E-state index is -3.28. The van der Waals surface area contributed by atoms with Gasteiger partial charge >= 0.3 is 0 Å². The van der Waals surface area contributed by atoms with Gasteiger partial charge in [0.15, 0.2) is 9.84 Å². The number of benzene rings is 3. The third-order valence-corrected chi connectivity index (χ3v) is 10.6. The van der Waals surface area contributed by atoms with Crippen LogP contribution in [0.2, 0.25) is 5.02 Å². The molecule has 4 aromatic rings. The Morgan fingerprint density at radius 2 is 1.68 bits per heavy atom. The first kappa shape index (κ1) is 31.3. The molecule has 1 N–H and O–H groups in total. The van der Waals surface area contributed by atoms with Gasteiger partial charge in [-0.25, -0.2) is 8.42 Å². The molecule has 218 valence electrons. The summed E-state index contributed by atoms with van der Waals surface area (Å²) in [7, 11) is 0.339. The van der Waals surface area contributed by atoms with E-state index in [1.54, 1.807) is 31.4 Å². The Hall–Kier alpha value is -2.62. The normalized spacial score (nSPS) is 17.2. The Balaban J connectivity index is 0.00000387. The number of halogens is 2. The summed E-state index contributed by atoms with van der Waals surface area (Å²) in [5.41, 5.74) is 2.69. The highest BCUT2D eigenvalue weighted by Crippen LogP contribution is 2.38. The van der Waals surface area contributed by atoms with Crippen LogP contribution >= 0.6 is 35.3 Å². The number of nitrogens with one attached hydrogen (secondary N) is 1. The number of methoxy groups -OCH3 is 1. The highest BCUT2D eigenvalue weighted by molar-refractivity contribution is 7.90. The number of nitrogens with zero attached hydrogens (tertiary/aromatic N) is 1. The summed E-state index contributed by atoms with van der Waals surface area (Å²) >= 11 is 8.21. The Kier molecular flexibility index (Phi) is 10.0. The SMILES string of the molecule is CNC1CCC(N(Cc2cc(-c3ccc(S(C)(=O)=O)cc3)ccc2OC)C(=O)c2sc3ccccc3c2Cl)CC1.Cl. The van der Waals surface area contributed by atoms with Crippen LogP contribution in [0.1, 0.15) is 40.9 Å². The molecule has 10 heteroatoms. The number of rotatable bonds is 8. The van der Waals surface area contributed by atoms with Crippen LogP contribution in [0.25, 0.3) is 21.2 Å². The van der Waals surface area contributed by atoms with E-state index in [4.69, 9.17) is 16.3 Å². The molecule has 0 radical (unpaired) electrons. The maximum absolute atomic E-state index is 14.2. The molecular weight excluding hydrogens is 599 g/mol. The van der Waals surface area contributed by atoms with Crippen molar-refractivity contribution in [2.75, 3.05) is 20.4 Å².